The van der Waals surface area contributed by atoms with Crippen molar-refractivity contribution in [3.05, 3.63) is 48.3 Å². The summed E-state index contributed by atoms with van der Waals surface area (Å²) >= 11 is 0. The molecule has 2 rings (SSSR count). The maximum atomic E-state index is 11.9. The Kier molecular flexibility index (Phi) is 4.93. The van der Waals surface area contributed by atoms with E-state index < -0.39 is 0 Å². The summed E-state index contributed by atoms with van der Waals surface area (Å²) in [6.45, 7) is 2.70. The molecule has 0 saturated carbocycles. The first-order valence-corrected chi connectivity index (χ1v) is 7.03. The van der Waals surface area contributed by atoms with Crippen molar-refractivity contribution in [1.82, 2.24) is 14.7 Å². The van der Waals surface area contributed by atoms with Gasteiger partial charge in [-0.25, -0.2) is 4.68 Å². The van der Waals surface area contributed by atoms with Crippen molar-refractivity contribution in [3.63, 3.8) is 0 Å². The van der Waals surface area contributed by atoms with Gasteiger partial charge in [0, 0.05) is 31.8 Å². The second-order valence-electron chi connectivity index (χ2n) is 4.98. The van der Waals surface area contributed by atoms with E-state index in [2.05, 4.69) is 12.0 Å². The number of nitrogens with zero attached hydrogens (tertiary/aromatic N) is 3. The molecule has 0 aliphatic rings. The van der Waals surface area contributed by atoms with Crippen LogP contribution >= 0.6 is 0 Å². The number of rotatable bonds is 6. The highest BCUT2D eigenvalue weighted by Gasteiger charge is 2.10. The molecule has 1 aromatic carbocycles. The predicted molar refractivity (Wildman–Crippen MR) is 79.6 cm³/mol. The predicted octanol–water partition coefficient (Wildman–Crippen LogP) is 3.02. The van der Waals surface area contributed by atoms with Crippen LogP contribution in [0.3, 0.4) is 0 Å². The number of carbonyl (C=O) groups excluding carboxylic acids is 1. The fourth-order valence-corrected chi connectivity index (χ4v) is 2.04. The van der Waals surface area contributed by atoms with E-state index in [4.69, 9.17) is 0 Å². The first kappa shape index (κ1) is 14.3. The molecule has 1 heterocycles. The molecule has 106 valence electrons. The molecule has 0 unspecified atom stereocenters. The van der Waals surface area contributed by atoms with Gasteiger partial charge in [-0.1, -0.05) is 31.5 Å². The van der Waals surface area contributed by atoms with E-state index >= 15 is 0 Å². The molecule has 0 saturated heterocycles. The van der Waals surface area contributed by atoms with Crippen LogP contribution in [0.25, 0.3) is 5.69 Å². The van der Waals surface area contributed by atoms with Crippen molar-refractivity contribution in [1.29, 1.82) is 0 Å². The van der Waals surface area contributed by atoms with E-state index in [1.54, 1.807) is 4.90 Å². The summed E-state index contributed by atoms with van der Waals surface area (Å²) in [6, 6.07) is 9.96. The molecule has 0 radical (unpaired) electrons. The highest BCUT2D eigenvalue weighted by atomic mass is 16.2. The number of benzene rings is 1. The lowest BCUT2D eigenvalue weighted by molar-refractivity contribution is -0.130. The zero-order valence-corrected chi connectivity index (χ0v) is 12.1. The highest BCUT2D eigenvalue weighted by Crippen LogP contribution is 2.10. The summed E-state index contributed by atoms with van der Waals surface area (Å²) in [5.74, 6) is 0.194. The lowest BCUT2D eigenvalue weighted by Gasteiger charge is -2.15. The van der Waals surface area contributed by atoms with Crippen LogP contribution in [-0.4, -0.2) is 27.6 Å². The molecule has 1 aromatic heterocycles. The molecular weight excluding hydrogens is 250 g/mol. The molecule has 0 aliphatic carbocycles. The standard InChI is InChI=1S/C16H21N3O/c1-3-4-10-16(20)18(2)12-14-11-17-19(13-14)15-8-6-5-7-9-15/h5-9,11,13H,3-4,10,12H2,1-2H3. The summed E-state index contributed by atoms with van der Waals surface area (Å²) in [6.07, 6.45) is 6.41. The fourth-order valence-electron chi connectivity index (χ4n) is 2.04. The molecule has 0 aliphatic heterocycles. The van der Waals surface area contributed by atoms with Crippen LogP contribution in [0, 0.1) is 0 Å². The first-order chi connectivity index (χ1) is 9.70. The number of carbonyl (C=O) groups is 1. The average Bonchev–Trinajstić information content (AvgIpc) is 2.94. The van der Waals surface area contributed by atoms with E-state index in [-0.39, 0.29) is 5.91 Å². The Morgan fingerprint density at radius 1 is 1.30 bits per heavy atom. The van der Waals surface area contributed by atoms with E-state index in [1.807, 2.05) is 54.5 Å². The molecule has 1 amide bonds. The van der Waals surface area contributed by atoms with Crippen molar-refractivity contribution in [2.24, 2.45) is 0 Å². The Balaban J connectivity index is 1.98. The van der Waals surface area contributed by atoms with Gasteiger partial charge in [0.1, 0.15) is 0 Å². The van der Waals surface area contributed by atoms with Crippen LogP contribution in [0.1, 0.15) is 31.7 Å². The quantitative estimate of drug-likeness (QED) is 0.810. The van der Waals surface area contributed by atoms with Gasteiger partial charge in [-0.15, -0.1) is 0 Å². The van der Waals surface area contributed by atoms with Gasteiger partial charge in [-0.3, -0.25) is 4.79 Å². The Bertz CT molecular complexity index is 548. The molecule has 20 heavy (non-hydrogen) atoms. The Labute approximate surface area is 120 Å². The molecule has 0 N–H and O–H groups in total. The molecule has 4 heteroatoms. The summed E-state index contributed by atoms with van der Waals surface area (Å²) < 4.78 is 1.83. The van der Waals surface area contributed by atoms with Crippen LogP contribution in [0.5, 0.6) is 0 Å². The summed E-state index contributed by atoms with van der Waals surface area (Å²) in [5, 5.41) is 4.34. The SMILES string of the molecule is CCCCC(=O)N(C)Cc1cnn(-c2ccccc2)c1. The smallest absolute Gasteiger partial charge is 0.222 e. The van der Waals surface area contributed by atoms with Crippen LogP contribution < -0.4 is 0 Å². The van der Waals surface area contributed by atoms with Gasteiger partial charge in [0.05, 0.1) is 11.9 Å². The van der Waals surface area contributed by atoms with Gasteiger partial charge in [0.2, 0.25) is 5.91 Å². The van der Waals surface area contributed by atoms with Gasteiger partial charge in [0.25, 0.3) is 0 Å². The van der Waals surface area contributed by atoms with Gasteiger partial charge >= 0.3 is 0 Å². The summed E-state index contributed by atoms with van der Waals surface area (Å²) in [5.41, 5.74) is 2.07. The third-order valence-corrected chi connectivity index (χ3v) is 3.25. The van der Waals surface area contributed by atoms with Gasteiger partial charge < -0.3 is 4.90 Å². The molecule has 2 aromatic rings. The lowest BCUT2D eigenvalue weighted by atomic mass is 10.2. The van der Waals surface area contributed by atoms with Crippen molar-refractivity contribution < 1.29 is 4.79 Å². The van der Waals surface area contributed by atoms with Crippen molar-refractivity contribution in [2.75, 3.05) is 7.05 Å². The molecule has 0 atom stereocenters. The van der Waals surface area contributed by atoms with Crippen molar-refractivity contribution in [3.8, 4) is 5.69 Å². The lowest BCUT2D eigenvalue weighted by Crippen LogP contribution is -2.25. The molecule has 4 nitrogen and oxygen atoms in total. The van der Waals surface area contributed by atoms with Crippen molar-refractivity contribution in [2.45, 2.75) is 32.7 Å². The van der Waals surface area contributed by atoms with E-state index in [0.29, 0.717) is 13.0 Å². The maximum absolute atomic E-state index is 11.9. The van der Waals surface area contributed by atoms with E-state index in [9.17, 15) is 4.79 Å². The fraction of sp³-hybridized carbons (Fsp3) is 0.375. The average molecular weight is 271 g/mol. The Hall–Kier alpha value is -2.10. The number of amides is 1. The van der Waals surface area contributed by atoms with Crippen molar-refractivity contribution >= 4 is 5.91 Å². The number of hydrogen-bond donors (Lipinski definition) is 0. The number of aromatic nitrogens is 2. The molecular formula is C16H21N3O. The largest absolute Gasteiger partial charge is 0.341 e. The van der Waals surface area contributed by atoms with Crippen LogP contribution in [0.2, 0.25) is 0 Å². The third kappa shape index (κ3) is 3.70. The Morgan fingerprint density at radius 3 is 2.75 bits per heavy atom. The first-order valence-electron chi connectivity index (χ1n) is 7.03. The molecule has 0 bridgehead atoms. The summed E-state index contributed by atoms with van der Waals surface area (Å²) in [7, 11) is 1.85. The Morgan fingerprint density at radius 2 is 2.05 bits per heavy atom. The number of unbranched alkanes of at least 4 members (excludes halogenated alkanes) is 1. The van der Waals surface area contributed by atoms with Gasteiger partial charge in [-0.2, -0.15) is 5.10 Å². The second-order valence-corrected chi connectivity index (χ2v) is 4.98. The van der Waals surface area contributed by atoms with Crippen LogP contribution in [-0.2, 0) is 11.3 Å². The normalized spacial score (nSPS) is 10.5. The number of para-hydroxylation sites is 1. The van der Waals surface area contributed by atoms with E-state index in [0.717, 1.165) is 24.1 Å². The monoisotopic (exact) mass is 271 g/mol. The minimum atomic E-state index is 0.194. The van der Waals surface area contributed by atoms with Gasteiger partial charge in [-0.05, 0) is 18.6 Å². The number of hydrogen-bond acceptors (Lipinski definition) is 2. The summed E-state index contributed by atoms with van der Waals surface area (Å²) in [4.78, 5) is 13.6. The van der Waals surface area contributed by atoms with Crippen LogP contribution in [0.15, 0.2) is 42.7 Å². The van der Waals surface area contributed by atoms with Crippen LogP contribution in [0.4, 0.5) is 0 Å². The minimum Gasteiger partial charge on any atom is -0.341 e. The van der Waals surface area contributed by atoms with E-state index in [1.165, 1.54) is 0 Å². The third-order valence-electron chi connectivity index (χ3n) is 3.25. The molecule has 0 fully saturated rings. The maximum Gasteiger partial charge on any atom is 0.222 e. The topological polar surface area (TPSA) is 38.1 Å². The zero-order valence-electron chi connectivity index (χ0n) is 12.1. The molecule has 0 spiro atoms. The highest BCUT2D eigenvalue weighted by molar-refractivity contribution is 5.75. The zero-order chi connectivity index (χ0) is 14.4. The second kappa shape index (κ2) is 6.89. The minimum absolute atomic E-state index is 0.194. The van der Waals surface area contributed by atoms with Gasteiger partial charge in [0.15, 0.2) is 0 Å².